The van der Waals surface area contributed by atoms with Gasteiger partial charge in [-0.15, -0.1) is 0 Å². The molecule has 0 amide bonds. The van der Waals surface area contributed by atoms with Gasteiger partial charge in [-0.05, 0) is 19.9 Å². The normalized spacial score (nSPS) is 10.7. The first-order valence-corrected chi connectivity index (χ1v) is 3.92. The Hall–Kier alpha value is -0.920. The van der Waals surface area contributed by atoms with Crippen LogP contribution in [0.4, 0.5) is 0 Å². The Bertz CT molecular complexity index is 225. The van der Waals surface area contributed by atoms with E-state index in [1.165, 1.54) is 6.92 Å². The molecule has 12 heavy (non-hydrogen) atoms. The lowest BCUT2D eigenvalue weighted by molar-refractivity contribution is -0.123. The molecule has 0 radical (unpaired) electrons. The highest BCUT2D eigenvalue weighted by Crippen LogP contribution is 2.23. The van der Waals surface area contributed by atoms with Gasteiger partial charge in [0.25, 0.3) is 0 Å². The molecule has 0 aromatic carbocycles. The van der Waals surface area contributed by atoms with Gasteiger partial charge in [-0.25, -0.2) is 4.79 Å². The summed E-state index contributed by atoms with van der Waals surface area (Å²) in [7, 11) is 0. The van der Waals surface area contributed by atoms with Crippen molar-refractivity contribution >= 4 is 11.7 Å². The molecule has 0 saturated carbocycles. The maximum Gasteiger partial charge on any atom is 0.175 e. The van der Waals surface area contributed by atoms with Crippen LogP contribution in [0.3, 0.4) is 0 Å². The summed E-state index contributed by atoms with van der Waals surface area (Å²) in [6.07, 6.45) is 0.588. The summed E-state index contributed by atoms with van der Waals surface area (Å²) in [4.78, 5) is 21.6. The van der Waals surface area contributed by atoms with Crippen molar-refractivity contribution < 1.29 is 9.59 Å². The van der Waals surface area contributed by atoms with E-state index in [1.807, 2.05) is 0 Å². The lowest BCUT2D eigenvalue weighted by Crippen LogP contribution is -2.28. The van der Waals surface area contributed by atoms with Crippen LogP contribution in [0.2, 0.25) is 0 Å². The molecule has 3 nitrogen and oxygen atoms in total. The third-order valence-corrected chi connectivity index (χ3v) is 1.88. The van der Waals surface area contributed by atoms with Crippen LogP contribution < -0.4 is 5.73 Å². The molecule has 0 aromatic rings. The molecule has 2 N–H and O–H groups in total. The fourth-order valence-electron chi connectivity index (χ4n) is 1.03. The van der Waals surface area contributed by atoms with Gasteiger partial charge in [0.15, 0.2) is 5.78 Å². The number of Topliss-reactive ketones (excluding diaryl/α,β-unsaturated/α-hetero) is 1. The zero-order valence-electron chi connectivity index (χ0n) is 7.81. The Balaban J connectivity index is 4.56. The molecule has 0 aliphatic heterocycles. The van der Waals surface area contributed by atoms with Crippen LogP contribution in [0, 0.1) is 5.41 Å². The van der Waals surface area contributed by atoms with Gasteiger partial charge in [0.2, 0.25) is 0 Å². The van der Waals surface area contributed by atoms with E-state index < -0.39 is 5.41 Å². The predicted octanol–water partition coefficient (Wildman–Crippen LogP) is 0.708. The van der Waals surface area contributed by atoms with E-state index in [0.717, 1.165) is 0 Å². The lowest BCUT2D eigenvalue weighted by Gasteiger charge is -2.20. The van der Waals surface area contributed by atoms with Gasteiger partial charge in [0.1, 0.15) is 5.94 Å². The maximum atomic E-state index is 11.4. The highest BCUT2D eigenvalue weighted by atomic mass is 16.1. The largest absolute Gasteiger partial charge is 0.330 e. The second kappa shape index (κ2) is 4.19. The average molecular weight is 169 g/mol. The van der Waals surface area contributed by atoms with Gasteiger partial charge in [-0.2, -0.15) is 0 Å². The number of allylic oxidation sites excluding steroid dienone is 1. The van der Waals surface area contributed by atoms with Gasteiger partial charge in [0.05, 0.1) is 5.57 Å². The van der Waals surface area contributed by atoms with Crippen molar-refractivity contribution in [1.29, 1.82) is 0 Å². The third kappa shape index (κ3) is 2.61. The number of ketones is 1. The van der Waals surface area contributed by atoms with Crippen molar-refractivity contribution in [3.63, 3.8) is 0 Å². The minimum atomic E-state index is -0.532. The molecule has 68 valence electrons. The molecule has 0 spiro atoms. The van der Waals surface area contributed by atoms with Crippen LogP contribution in [0.5, 0.6) is 0 Å². The highest BCUT2D eigenvalue weighted by Gasteiger charge is 2.27. The molecule has 0 bridgehead atoms. The highest BCUT2D eigenvalue weighted by molar-refractivity contribution is 6.04. The summed E-state index contributed by atoms with van der Waals surface area (Å²) in [6.45, 7) is 5.49. The summed E-state index contributed by atoms with van der Waals surface area (Å²) in [5.41, 5.74) is 4.95. The Morgan fingerprint density at radius 3 is 2.33 bits per heavy atom. The van der Waals surface area contributed by atoms with Crippen molar-refractivity contribution in [3.8, 4) is 0 Å². The molecule has 0 fully saturated rings. The SMILES string of the molecule is CC(=C=O)C(=O)C(C)(C)CCN. The molecule has 0 atom stereocenters. The molecule has 0 heterocycles. The second-order valence-electron chi connectivity index (χ2n) is 3.48. The Kier molecular flexibility index (Phi) is 3.87. The van der Waals surface area contributed by atoms with Crippen LogP contribution >= 0.6 is 0 Å². The Morgan fingerprint density at radius 2 is 2.00 bits per heavy atom. The zero-order valence-corrected chi connectivity index (χ0v) is 7.81. The van der Waals surface area contributed by atoms with E-state index in [0.29, 0.717) is 13.0 Å². The topological polar surface area (TPSA) is 60.2 Å². The number of rotatable bonds is 4. The number of carbonyl (C=O) groups is 1. The zero-order chi connectivity index (χ0) is 9.78. The van der Waals surface area contributed by atoms with Crippen molar-refractivity contribution in [2.24, 2.45) is 11.1 Å². The van der Waals surface area contributed by atoms with Crippen LogP contribution in [0.1, 0.15) is 27.2 Å². The quantitative estimate of drug-likeness (QED) is 0.498. The molecule has 0 rings (SSSR count). The van der Waals surface area contributed by atoms with Crippen molar-refractivity contribution in [2.45, 2.75) is 27.2 Å². The van der Waals surface area contributed by atoms with E-state index in [9.17, 15) is 9.59 Å². The van der Waals surface area contributed by atoms with Crippen LogP contribution in [0.25, 0.3) is 0 Å². The first kappa shape index (κ1) is 11.1. The Labute approximate surface area is 72.6 Å². The van der Waals surface area contributed by atoms with Gasteiger partial charge in [-0.1, -0.05) is 13.8 Å². The number of hydrogen-bond acceptors (Lipinski definition) is 3. The minimum absolute atomic E-state index is 0.147. The molecular formula is C9H15NO2. The molecule has 3 heteroatoms. The van der Waals surface area contributed by atoms with Gasteiger partial charge >= 0.3 is 0 Å². The summed E-state index contributed by atoms with van der Waals surface area (Å²) in [6, 6.07) is 0. The summed E-state index contributed by atoms with van der Waals surface area (Å²) in [5, 5.41) is 0. The van der Waals surface area contributed by atoms with Crippen LogP contribution in [-0.4, -0.2) is 18.3 Å². The molecule has 0 aliphatic rings. The molecule has 0 aliphatic carbocycles. The average Bonchev–Trinajstić information content (AvgIpc) is 2.01. The minimum Gasteiger partial charge on any atom is -0.330 e. The van der Waals surface area contributed by atoms with Gasteiger partial charge < -0.3 is 5.73 Å². The number of carbonyl (C=O) groups excluding carboxylic acids is 2. The Morgan fingerprint density at radius 1 is 1.50 bits per heavy atom. The first-order valence-electron chi connectivity index (χ1n) is 3.92. The van der Waals surface area contributed by atoms with Gasteiger partial charge in [-0.3, -0.25) is 4.79 Å². The van der Waals surface area contributed by atoms with E-state index in [1.54, 1.807) is 19.8 Å². The molecular weight excluding hydrogens is 154 g/mol. The van der Waals surface area contributed by atoms with Crippen molar-refractivity contribution in [2.75, 3.05) is 6.54 Å². The van der Waals surface area contributed by atoms with Crippen molar-refractivity contribution in [1.82, 2.24) is 0 Å². The summed E-state index contributed by atoms with van der Waals surface area (Å²) >= 11 is 0. The fourth-order valence-corrected chi connectivity index (χ4v) is 1.03. The monoisotopic (exact) mass is 169 g/mol. The maximum absolute atomic E-state index is 11.4. The number of hydrogen-bond donors (Lipinski definition) is 1. The predicted molar refractivity (Wildman–Crippen MR) is 47.3 cm³/mol. The third-order valence-electron chi connectivity index (χ3n) is 1.88. The smallest absolute Gasteiger partial charge is 0.175 e. The fraction of sp³-hybridized carbons (Fsp3) is 0.667. The van der Waals surface area contributed by atoms with E-state index in [2.05, 4.69) is 0 Å². The molecule has 0 unspecified atom stereocenters. The molecule has 0 aromatic heterocycles. The van der Waals surface area contributed by atoms with E-state index in [4.69, 9.17) is 5.73 Å². The second-order valence-corrected chi connectivity index (χ2v) is 3.48. The van der Waals surface area contributed by atoms with Crippen LogP contribution in [0.15, 0.2) is 5.57 Å². The van der Waals surface area contributed by atoms with E-state index >= 15 is 0 Å². The lowest BCUT2D eigenvalue weighted by atomic mass is 9.82. The van der Waals surface area contributed by atoms with Crippen LogP contribution in [-0.2, 0) is 9.59 Å². The van der Waals surface area contributed by atoms with E-state index in [-0.39, 0.29) is 11.4 Å². The molecule has 0 saturated heterocycles. The van der Waals surface area contributed by atoms with Crippen molar-refractivity contribution in [3.05, 3.63) is 5.57 Å². The number of nitrogens with two attached hydrogens (primary N) is 1. The van der Waals surface area contributed by atoms with Gasteiger partial charge in [0, 0.05) is 5.41 Å². The standard InChI is InChI=1S/C9H15NO2/c1-7(6-11)8(12)9(2,3)4-5-10/h4-5,10H2,1-3H3. The first-order chi connectivity index (χ1) is 5.45. The summed E-state index contributed by atoms with van der Waals surface area (Å²) in [5.74, 6) is 1.44. The summed E-state index contributed by atoms with van der Waals surface area (Å²) < 4.78 is 0.